The van der Waals surface area contributed by atoms with Crippen molar-refractivity contribution in [2.24, 2.45) is 0 Å². The number of benzene rings is 2. The van der Waals surface area contributed by atoms with Gasteiger partial charge in [0.05, 0.1) is 11.8 Å². The maximum atomic E-state index is 12.3. The number of hydrogen-bond acceptors (Lipinski definition) is 3. The van der Waals surface area contributed by atoms with E-state index in [-0.39, 0.29) is 11.9 Å². The molecule has 0 radical (unpaired) electrons. The minimum absolute atomic E-state index is 0.141. The summed E-state index contributed by atoms with van der Waals surface area (Å²) in [4.78, 5) is 13.6. The third-order valence-electron chi connectivity index (χ3n) is 4.37. The van der Waals surface area contributed by atoms with Gasteiger partial charge in [0.2, 0.25) is 5.91 Å². The summed E-state index contributed by atoms with van der Waals surface area (Å²) in [6.07, 6.45) is 5.40. The largest absolute Gasteiger partial charge is 0.349 e. The third kappa shape index (κ3) is 4.58. The van der Waals surface area contributed by atoms with Gasteiger partial charge < -0.3 is 5.32 Å². The van der Waals surface area contributed by atoms with Crippen LogP contribution in [0.1, 0.15) is 35.6 Å². The van der Waals surface area contributed by atoms with Crippen LogP contribution in [0.4, 0.5) is 0 Å². The third-order valence-corrected chi connectivity index (χ3v) is 6.11. The number of rotatable bonds is 6. The molecule has 1 aliphatic rings. The Morgan fingerprint density at radius 3 is 2.75 bits per heavy atom. The van der Waals surface area contributed by atoms with Gasteiger partial charge in [-0.25, -0.2) is 0 Å². The second-order valence-electron chi connectivity index (χ2n) is 6.05. The molecule has 1 amide bonds. The maximum absolute atomic E-state index is 12.3. The van der Waals surface area contributed by atoms with E-state index in [2.05, 4.69) is 60.1 Å². The van der Waals surface area contributed by atoms with Crippen molar-refractivity contribution < 1.29 is 4.79 Å². The predicted octanol–water partition coefficient (Wildman–Crippen LogP) is 4.84. The summed E-state index contributed by atoms with van der Waals surface area (Å²) in [7, 11) is 0. The van der Waals surface area contributed by atoms with Gasteiger partial charge in [0, 0.05) is 10.6 Å². The second-order valence-corrected chi connectivity index (χ2v) is 7.92. The molecule has 2 aromatic rings. The summed E-state index contributed by atoms with van der Waals surface area (Å²) in [6, 6.07) is 17.2. The molecule has 3 rings (SSSR count). The van der Waals surface area contributed by atoms with Gasteiger partial charge in [-0.15, -0.1) is 23.5 Å². The van der Waals surface area contributed by atoms with E-state index in [1.54, 1.807) is 23.5 Å². The highest BCUT2D eigenvalue weighted by Crippen LogP contribution is 2.29. The van der Waals surface area contributed by atoms with E-state index in [0.717, 1.165) is 25.0 Å². The first kappa shape index (κ1) is 17.4. The Bertz CT molecular complexity index is 684. The lowest BCUT2D eigenvalue weighted by Crippen LogP contribution is -2.32. The molecule has 0 heterocycles. The lowest BCUT2D eigenvalue weighted by molar-refractivity contribution is -0.119. The molecule has 0 spiro atoms. The number of hydrogen-bond donors (Lipinski definition) is 1. The zero-order valence-corrected chi connectivity index (χ0v) is 15.6. The number of fused-ring (bicyclic) bond motifs is 1. The molecule has 1 aliphatic carbocycles. The van der Waals surface area contributed by atoms with Gasteiger partial charge in [-0.05, 0) is 54.3 Å². The molecule has 0 saturated carbocycles. The summed E-state index contributed by atoms with van der Waals surface area (Å²) in [6.45, 7) is 0. The minimum atomic E-state index is 0.141. The Morgan fingerprint density at radius 1 is 1.17 bits per heavy atom. The molecule has 0 aliphatic heterocycles. The van der Waals surface area contributed by atoms with Gasteiger partial charge in [0.1, 0.15) is 0 Å². The van der Waals surface area contributed by atoms with Crippen LogP contribution in [0.25, 0.3) is 0 Å². The van der Waals surface area contributed by atoms with Crippen LogP contribution in [0.5, 0.6) is 0 Å². The van der Waals surface area contributed by atoms with Gasteiger partial charge in [-0.3, -0.25) is 4.79 Å². The fraction of sp³-hybridized carbons (Fsp3) is 0.350. The lowest BCUT2D eigenvalue weighted by Gasteiger charge is -2.26. The molecular weight excluding hydrogens is 334 g/mol. The minimum Gasteiger partial charge on any atom is -0.349 e. The fourth-order valence-electron chi connectivity index (χ4n) is 3.12. The van der Waals surface area contributed by atoms with Crippen LogP contribution in [-0.2, 0) is 17.0 Å². The van der Waals surface area contributed by atoms with Crippen molar-refractivity contribution in [1.29, 1.82) is 0 Å². The number of carbonyl (C=O) groups excluding carboxylic acids is 1. The molecule has 1 N–H and O–H groups in total. The van der Waals surface area contributed by atoms with Gasteiger partial charge in [-0.2, -0.15) is 0 Å². The highest BCUT2D eigenvalue weighted by Gasteiger charge is 2.21. The maximum Gasteiger partial charge on any atom is 0.230 e. The van der Waals surface area contributed by atoms with E-state index in [0.29, 0.717) is 5.75 Å². The topological polar surface area (TPSA) is 29.1 Å². The summed E-state index contributed by atoms with van der Waals surface area (Å²) in [5.74, 6) is 1.54. The van der Waals surface area contributed by atoms with Crippen molar-refractivity contribution in [2.75, 3.05) is 12.0 Å². The monoisotopic (exact) mass is 357 g/mol. The Hall–Kier alpha value is -1.39. The SMILES string of the molecule is CSc1ccc(CSCC(=O)N[C@@H]2CCCc3ccccc32)cc1. The summed E-state index contributed by atoms with van der Waals surface area (Å²) in [5.41, 5.74) is 3.96. The Labute approximate surface area is 152 Å². The normalized spacial score (nSPS) is 16.5. The molecule has 0 fully saturated rings. The summed E-state index contributed by atoms with van der Waals surface area (Å²) >= 11 is 3.43. The van der Waals surface area contributed by atoms with Crippen LogP contribution in [0.3, 0.4) is 0 Å². The molecule has 0 unspecified atom stereocenters. The average Bonchev–Trinajstić information content (AvgIpc) is 2.63. The van der Waals surface area contributed by atoms with Crippen LogP contribution < -0.4 is 5.32 Å². The van der Waals surface area contributed by atoms with E-state index in [9.17, 15) is 4.79 Å². The molecule has 4 heteroatoms. The van der Waals surface area contributed by atoms with Crippen molar-refractivity contribution in [1.82, 2.24) is 5.32 Å². The Kier molecular flexibility index (Phi) is 6.27. The first-order chi connectivity index (χ1) is 11.8. The fourth-order valence-corrected chi connectivity index (χ4v) is 4.33. The number of aryl methyl sites for hydroxylation is 1. The van der Waals surface area contributed by atoms with Crippen LogP contribution >= 0.6 is 23.5 Å². The molecule has 24 heavy (non-hydrogen) atoms. The van der Waals surface area contributed by atoms with Gasteiger partial charge in [0.25, 0.3) is 0 Å². The molecule has 126 valence electrons. The zero-order valence-electron chi connectivity index (χ0n) is 14.0. The van der Waals surface area contributed by atoms with Crippen molar-refractivity contribution in [2.45, 2.75) is 36.0 Å². The van der Waals surface area contributed by atoms with E-state index < -0.39 is 0 Å². The number of thioether (sulfide) groups is 2. The number of nitrogens with one attached hydrogen (secondary N) is 1. The highest BCUT2D eigenvalue weighted by atomic mass is 32.2. The van der Waals surface area contributed by atoms with E-state index in [1.165, 1.54) is 21.6 Å². The van der Waals surface area contributed by atoms with Gasteiger partial charge in [-0.1, -0.05) is 36.4 Å². The highest BCUT2D eigenvalue weighted by molar-refractivity contribution is 7.99. The van der Waals surface area contributed by atoms with Crippen molar-refractivity contribution in [3.8, 4) is 0 Å². The van der Waals surface area contributed by atoms with Crippen LogP contribution in [0.15, 0.2) is 53.4 Å². The number of amides is 1. The van der Waals surface area contributed by atoms with E-state index in [1.807, 2.05) is 0 Å². The van der Waals surface area contributed by atoms with Crippen LogP contribution in [-0.4, -0.2) is 17.9 Å². The summed E-state index contributed by atoms with van der Waals surface area (Å²) in [5, 5.41) is 3.22. The Balaban J connectivity index is 1.48. The van der Waals surface area contributed by atoms with E-state index >= 15 is 0 Å². The van der Waals surface area contributed by atoms with Crippen LogP contribution in [0, 0.1) is 0 Å². The molecular formula is C20H23NOS2. The lowest BCUT2D eigenvalue weighted by atomic mass is 9.88. The summed E-state index contributed by atoms with van der Waals surface area (Å²) < 4.78 is 0. The molecule has 0 saturated heterocycles. The first-order valence-corrected chi connectivity index (χ1v) is 10.7. The van der Waals surface area contributed by atoms with E-state index in [4.69, 9.17) is 0 Å². The average molecular weight is 358 g/mol. The first-order valence-electron chi connectivity index (χ1n) is 8.34. The zero-order chi connectivity index (χ0) is 16.8. The molecule has 1 atom stereocenters. The quantitative estimate of drug-likeness (QED) is 0.750. The van der Waals surface area contributed by atoms with Crippen molar-refractivity contribution in [3.05, 3.63) is 65.2 Å². The standard InChI is InChI=1S/C20H23NOS2/c1-23-17-11-9-15(10-12-17)13-24-14-20(22)21-19-8-4-6-16-5-2-3-7-18(16)19/h2-3,5,7,9-12,19H,4,6,8,13-14H2,1H3,(H,21,22)/t19-/m1/s1. The van der Waals surface area contributed by atoms with Crippen molar-refractivity contribution >= 4 is 29.4 Å². The molecule has 0 aromatic heterocycles. The molecule has 2 nitrogen and oxygen atoms in total. The van der Waals surface area contributed by atoms with Gasteiger partial charge in [0.15, 0.2) is 0 Å². The smallest absolute Gasteiger partial charge is 0.230 e. The number of carbonyl (C=O) groups is 1. The predicted molar refractivity (Wildman–Crippen MR) is 105 cm³/mol. The van der Waals surface area contributed by atoms with Crippen molar-refractivity contribution in [3.63, 3.8) is 0 Å². The second kappa shape index (κ2) is 8.63. The van der Waals surface area contributed by atoms with Gasteiger partial charge >= 0.3 is 0 Å². The molecule has 0 bridgehead atoms. The molecule has 2 aromatic carbocycles. The van der Waals surface area contributed by atoms with Crippen LogP contribution in [0.2, 0.25) is 0 Å². The Morgan fingerprint density at radius 2 is 1.96 bits per heavy atom.